The van der Waals surface area contributed by atoms with Crippen LogP contribution in [0.4, 0.5) is 0 Å². The van der Waals surface area contributed by atoms with Crippen LogP contribution in [-0.4, -0.2) is 57.8 Å². The summed E-state index contributed by atoms with van der Waals surface area (Å²) < 4.78 is 26.3. The molecular formula is C13H31N3O2S. The maximum absolute atomic E-state index is 11.8. The summed E-state index contributed by atoms with van der Waals surface area (Å²) in [6.07, 6.45) is 1.91. The number of rotatable bonds is 12. The third-order valence-corrected chi connectivity index (χ3v) is 4.69. The van der Waals surface area contributed by atoms with E-state index in [2.05, 4.69) is 28.8 Å². The van der Waals surface area contributed by atoms with Gasteiger partial charge in [0, 0.05) is 12.6 Å². The van der Waals surface area contributed by atoms with Crippen molar-refractivity contribution in [1.29, 1.82) is 0 Å². The van der Waals surface area contributed by atoms with E-state index >= 15 is 0 Å². The van der Waals surface area contributed by atoms with Crippen LogP contribution in [0.5, 0.6) is 0 Å². The van der Waals surface area contributed by atoms with E-state index in [9.17, 15) is 8.42 Å². The highest BCUT2D eigenvalue weighted by Gasteiger charge is 2.13. The van der Waals surface area contributed by atoms with Gasteiger partial charge in [0.2, 0.25) is 10.0 Å². The lowest BCUT2D eigenvalue weighted by Gasteiger charge is -2.19. The summed E-state index contributed by atoms with van der Waals surface area (Å²) in [4.78, 5) is 2.35. The van der Waals surface area contributed by atoms with Gasteiger partial charge in [0.1, 0.15) is 0 Å². The molecule has 6 heteroatoms. The molecule has 1 unspecified atom stereocenters. The van der Waals surface area contributed by atoms with Gasteiger partial charge in [-0.2, -0.15) is 0 Å². The Labute approximate surface area is 119 Å². The largest absolute Gasteiger partial charge is 0.316 e. The van der Waals surface area contributed by atoms with Crippen LogP contribution >= 0.6 is 0 Å². The summed E-state index contributed by atoms with van der Waals surface area (Å²) in [5.41, 5.74) is 0. The summed E-state index contributed by atoms with van der Waals surface area (Å²) in [7, 11) is -3.14. The van der Waals surface area contributed by atoms with Crippen LogP contribution in [-0.2, 0) is 10.0 Å². The molecule has 0 saturated carbocycles. The van der Waals surface area contributed by atoms with Gasteiger partial charge in [0.25, 0.3) is 0 Å². The van der Waals surface area contributed by atoms with Gasteiger partial charge in [-0.05, 0) is 45.9 Å². The average Bonchev–Trinajstić information content (AvgIpc) is 2.34. The molecule has 0 aliphatic carbocycles. The molecule has 1 atom stereocenters. The molecule has 5 nitrogen and oxygen atoms in total. The van der Waals surface area contributed by atoms with Gasteiger partial charge < -0.3 is 10.2 Å². The lowest BCUT2D eigenvalue weighted by Crippen LogP contribution is -2.37. The van der Waals surface area contributed by atoms with Crippen molar-refractivity contribution in [2.45, 2.75) is 46.6 Å². The van der Waals surface area contributed by atoms with Gasteiger partial charge in [-0.25, -0.2) is 13.1 Å². The molecule has 2 N–H and O–H groups in total. The average molecular weight is 293 g/mol. The predicted octanol–water partition coefficient (Wildman–Crippen LogP) is 1.03. The van der Waals surface area contributed by atoms with Gasteiger partial charge in [-0.15, -0.1) is 0 Å². The second-order valence-electron chi connectivity index (χ2n) is 4.86. The minimum absolute atomic E-state index is 0.0159. The number of hydrogen-bond acceptors (Lipinski definition) is 4. The Hall–Kier alpha value is -0.170. The number of hydrogen-bond donors (Lipinski definition) is 2. The van der Waals surface area contributed by atoms with Crippen LogP contribution in [0.2, 0.25) is 0 Å². The smallest absolute Gasteiger partial charge is 0.213 e. The fraction of sp³-hybridized carbons (Fsp3) is 1.00. The molecule has 0 aromatic heterocycles. The summed E-state index contributed by atoms with van der Waals surface area (Å²) >= 11 is 0. The summed E-state index contributed by atoms with van der Waals surface area (Å²) in [6, 6.07) is 0.0159. The molecule has 0 fully saturated rings. The molecule has 0 aromatic rings. The van der Waals surface area contributed by atoms with E-state index in [0.717, 1.165) is 39.0 Å². The molecule has 116 valence electrons. The summed E-state index contributed by atoms with van der Waals surface area (Å²) in [5, 5.41) is 3.03. The van der Waals surface area contributed by atoms with E-state index in [1.54, 1.807) is 0 Å². The van der Waals surface area contributed by atoms with Crippen LogP contribution in [0.3, 0.4) is 0 Å². The fourth-order valence-electron chi connectivity index (χ4n) is 1.97. The van der Waals surface area contributed by atoms with E-state index in [4.69, 9.17) is 0 Å². The Balaban J connectivity index is 3.86. The molecule has 0 radical (unpaired) electrons. The number of nitrogens with one attached hydrogen (secondary N) is 2. The summed E-state index contributed by atoms with van der Waals surface area (Å²) in [5.74, 6) is 0.154. The van der Waals surface area contributed by atoms with Gasteiger partial charge in [-0.3, -0.25) is 0 Å². The Kier molecular flexibility index (Phi) is 10.5. The monoisotopic (exact) mass is 293 g/mol. The SMILES string of the molecule is CCNCCS(=O)(=O)NC(C)CCCN(CC)CC. The van der Waals surface area contributed by atoms with Crippen molar-refractivity contribution >= 4 is 10.0 Å². The lowest BCUT2D eigenvalue weighted by molar-refractivity contribution is 0.293. The second-order valence-corrected chi connectivity index (χ2v) is 6.73. The third-order valence-electron chi connectivity index (χ3n) is 3.18. The Morgan fingerprint density at radius 2 is 1.79 bits per heavy atom. The van der Waals surface area contributed by atoms with Gasteiger partial charge in [0.15, 0.2) is 0 Å². The first kappa shape index (κ1) is 18.8. The summed E-state index contributed by atoms with van der Waals surface area (Å²) in [6.45, 7) is 12.7. The molecule has 0 aromatic carbocycles. The topological polar surface area (TPSA) is 61.4 Å². The Morgan fingerprint density at radius 1 is 1.16 bits per heavy atom. The molecule has 0 aliphatic heterocycles. The minimum Gasteiger partial charge on any atom is -0.316 e. The van der Waals surface area contributed by atoms with Crippen molar-refractivity contribution in [3.63, 3.8) is 0 Å². The molecule has 0 amide bonds. The number of nitrogens with zero attached hydrogens (tertiary/aromatic N) is 1. The minimum atomic E-state index is -3.14. The van der Waals surface area contributed by atoms with E-state index in [-0.39, 0.29) is 11.8 Å². The van der Waals surface area contributed by atoms with E-state index < -0.39 is 10.0 Å². The highest BCUT2D eigenvalue weighted by molar-refractivity contribution is 7.89. The zero-order valence-corrected chi connectivity index (χ0v) is 13.7. The highest BCUT2D eigenvalue weighted by atomic mass is 32.2. The molecular weight excluding hydrogens is 262 g/mol. The third kappa shape index (κ3) is 10.3. The van der Waals surface area contributed by atoms with E-state index in [1.807, 2.05) is 13.8 Å². The van der Waals surface area contributed by atoms with Gasteiger partial charge in [-0.1, -0.05) is 20.8 Å². The first-order valence-electron chi connectivity index (χ1n) is 7.38. The molecule has 0 spiro atoms. The van der Waals surface area contributed by atoms with Crippen molar-refractivity contribution in [3.8, 4) is 0 Å². The molecule has 0 bridgehead atoms. The predicted molar refractivity (Wildman–Crippen MR) is 82.0 cm³/mol. The molecule has 19 heavy (non-hydrogen) atoms. The molecule has 0 rings (SSSR count). The van der Waals surface area contributed by atoms with Crippen molar-refractivity contribution in [2.24, 2.45) is 0 Å². The first-order chi connectivity index (χ1) is 8.95. The van der Waals surface area contributed by atoms with Crippen LogP contribution < -0.4 is 10.0 Å². The fourth-order valence-corrected chi connectivity index (χ4v) is 3.23. The van der Waals surface area contributed by atoms with Crippen molar-refractivity contribution in [2.75, 3.05) is 38.5 Å². The van der Waals surface area contributed by atoms with Crippen molar-refractivity contribution in [1.82, 2.24) is 14.9 Å². The lowest BCUT2D eigenvalue weighted by atomic mass is 10.2. The van der Waals surface area contributed by atoms with Crippen molar-refractivity contribution < 1.29 is 8.42 Å². The quantitative estimate of drug-likeness (QED) is 0.528. The van der Waals surface area contributed by atoms with E-state index in [0.29, 0.717) is 6.54 Å². The van der Waals surface area contributed by atoms with Crippen LogP contribution in [0.15, 0.2) is 0 Å². The van der Waals surface area contributed by atoms with Crippen molar-refractivity contribution in [3.05, 3.63) is 0 Å². The van der Waals surface area contributed by atoms with Gasteiger partial charge in [0.05, 0.1) is 5.75 Å². The Morgan fingerprint density at radius 3 is 2.32 bits per heavy atom. The zero-order chi connectivity index (χ0) is 14.7. The van der Waals surface area contributed by atoms with Crippen LogP contribution in [0, 0.1) is 0 Å². The molecule has 0 saturated heterocycles. The highest BCUT2D eigenvalue weighted by Crippen LogP contribution is 2.01. The first-order valence-corrected chi connectivity index (χ1v) is 9.03. The Bertz CT molecular complexity index is 303. The normalized spacial score (nSPS) is 13.9. The molecule has 0 heterocycles. The molecule has 0 aliphatic rings. The van der Waals surface area contributed by atoms with Gasteiger partial charge >= 0.3 is 0 Å². The van der Waals surface area contributed by atoms with E-state index in [1.165, 1.54) is 0 Å². The van der Waals surface area contributed by atoms with Crippen LogP contribution in [0.1, 0.15) is 40.5 Å². The zero-order valence-electron chi connectivity index (χ0n) is 12.9. The maximum Gasteiger partial charge on any atom is 0.213 e. The second kappa shape index (κ2) is 10.6. The standard InChI is InChI=1S/C13H31N3O2S/c1-5-14-10-12-19(17,18)15-13(4)9-8-11-16(6-2)7-3/h13-15H,5-12H2,1-4H3. The number of sulfonamides is 1. The maximum atomic E-state index is 11.8. The van der Waals surface area contributed by atoms with Crippen LogP contribution in [0.25, 0.3) is 0 Å².